The highest BCUT2D eigenvalue weighted by Crippen LogP contribution is 2.41. The van der Waals surface area contributed by atoms with Crippen LogP contribution in [0.3, 0.4) is 0 Å². The molecule has 3 rings (SSSR count). The Labute approximate surface area is 107 Å². The predicted molar refractivity (Wildman–Crippen MR) is 70.3 cm³/mol. The Morgan fingerprint density at radius 1 is 1.33 bits per heavy atom. The van der Waals surface area contributed by atoms with Gasteiger partial charge in [0.2, 0.25) is 0 Å². The Balaban J connectivity index is 2.09. The third-order valence-corrected chi connectivity index (χ3v) is 3.79. The maximum Gasteiger partial charge on any atom is 0.132 e. The molecule has 18 heavy (non-hydrogen) atoms. The van der Waals surface area contributed by atoms with Gasteiger partial charge < -0.3 is 5.11 Å². The van der Waals surface area contributed by atoms with Crippen LogP contribution in [0.4, 0.5) is 0 Å². The summed E-state index contributed by atoms with van der Waals surface area (Å²) in [5.74, 6) is 0. The first kappa shape index (κ1) is 11.5. The number of benzene rings is 1. The summed E-state index contributed by atoms with van der Waals surface area (Å²) in [5.41, 5.74) is 2.36. The fraction of sp³-hybridized carbons (Fsp3) is 0.400. The van der Waals surface area contributed by atoms with Gasteiger partial charge in [-0.25, -0.2) is 0 Å². The number of aromatic nitrogens is 2. The number of aliphatic hydroxyl groups is 1. The van der Waals surface area contributed by atoms with Crippen molar-refractivity contribution in [2.45, 2.75) is 38.3 Å². The first-order valence-electron chi connectivity index (χ1n) is 6.59. The monoisotopic (exact) mass is 242 g/mol. The van der Waals surface area contributed by atoms with Gasteiger partial charge in [0, 0.05) is 12.7 Å². The summed E-state index contributed by atoms with van der Waals surface area (Å²) in [6.07, 6.45) is 4.49. The van der Waals surface area contributed by atoms with Gasteiger partial charge in [-0.2, -0.15) is 5.10 Å². The number of nitrogens with zero attached hydrogens (tertiary/aromatic N) is 2. The lowest BCUT2D eigenvalue weighted by Gasteiger charge is -2.25. The van der Waals surface area contributed by atoms with E-state index in [1.54, 1.807) is 6.20 Å². The van der Waals surface area contributed by atoms with E-state index in [1.807, 2.05) is 28.9 Å². The van der Waals surface area contributed by atoms with E-state index < -0.39 is 5.60 Å². The second-order valence-corrected chi connectivity index (χ2v) is 4.96. The molecule has 0 amide bonds. The molecule has 1 aliphatic carbocycles. The zero-order valence-corrected chi connectivity index (χ0v) is 10.6. The Hall–Kier alpha value is -1.61. The third kappa shape index (κ3) is 1.58. The maximum atomic E-state index is 11.1. The number of fused-ring (bicyclic) bond motifs is 1. The van der Waals surface area contributed by atoms with Gasteiger partial charge >= 0.3 is 0 Å². The average molecular weight is 242 g/mol. The number of aryl methyl sites for hydroxylation is 2. The van der Waals surface area contributed by atoms with E-state index in [9.17, 15) is 5.11 Å². The minimum Gasteiger partial charge on any atom is -0.379 e. The van der Waals surface area contributed by atoms with Crippen molar-refractivity contribution in [1.82, 2.24) is 9.78 Å². The molecular formula is C15H18N2O. The van der Waals surface area contributed by atoms with Crippen molar-refractivity contribution < 1.29 is 5.11 Å². The van der Waals surface area contributed by atoms with Crippen LogP contribution < -0.4 is 0 Å². The van der Waals surface area contributed by atoms with Crippen molar-refractivity contribution in [3.05, 3.63) is 53.3 Å². The van der Waals surface area contributed by atoms with Crippen LogP contribution in [-0.4, -0.2) is 14.9 Å². The molecule has 94 valence electrons. The van der Waals surface area contributed by atoms with Crippen molar-refractivity contribution in [2.75, 3.05) is 0 Å². The van der Waals surface area contributed by atoms with Crippen LogP contribution in [0.25, 0.3) is 0 Å². The molecular weight excluding hydrogens is 224 g/mol. The molecule has 0 fully saturated rings. The molecule has 0 saturated heterocycles. The first-order valence-corrected chi connectivity index (χ1v) is 6.59. The molecule has 1 aromatic heterocycles. The standard InChI is InChI=1S/C15H18N2O/c1-2-11-17-14(8-10-16-17)15(18)9-7-12-5-3-4-6-13(12)15/h3-6,8,10,18H,2,7,9,11H2,1H3. The van der Waals surface area contributed by atoms with Gasteiger partial charge in [-0.15, -0.1) is 0 Å². The lowest BCUT2D eigenvalue weighted by atomic mass is 9.92. The largest absolute Gasteiger partial charge is 0.379 e. The molecule has 1 unspecified atom stereocenters. The van der Waals surface area contributed by atoms with Crippen LogP contribution in [-0.2, 0) is 18.6 Å². The molecule has 3 nitrogen and oxygen atoms in total. The summed E-state index contributed by atoms with van der Waals surface area (Å²) in [4.78, 5) is 0. The van der Waals surface area contributed by atoms with Crippen molar-refractivity contribution in [3.63, 3.8) is 0 Å². The highest BCUT2D eigenvalue weighted by molar-refractivity contribution is 5.43. The SMILES string of the molecule is CCCn1nccc1C1(O)CCc2ccccc21. The summed E-state index contributed by atoms with van der Waals surface area (Å²) in [6, 6.07) is 10.1. The summed E-state index contributed by atoms with van der Waals surface area (Å²) in [6.45, 7) is 2.98. The molecule has 0 spiro atoms. The molecule has 0 bridgehead atoms. The van der Waals surface area contributed by atoms with Crippen molar-refractivity contribution >= 4 is 0 Å². The van der Waals surface area contributed by atoms with Gasteiger partial charge in [0.15, 0.2) is 0 Å². The molecule has 1 aliphatic rings. The van der Waals surface area contributed by atoms with Crippen molar-refractivity contribution in [2.24, 2.45) is 0 Å². The zero-order chi connectivity index (χ0) is 12.6. The van der Waals surface area contributed by atoms with E-state index in [4.69, 9.17) is 0 Å². The summed E-state index contributed by atoms with van der Waals surface area (Å²) in [5, 5.41) is 15.4. The lowest BCUT2D eigenvalue weighted by molar-refractivity contribution is 0.0726. The maximum absolute atomic E-state index is 11.1. The third-order valence-electron chi connectivity index (χ3n) is 3.79. The molecule has 0 saturated carbocycles. The highest BCUT2D eigenvalue weighted by Gasteiger charge is 2.40. The molecule has 0 radical (unpaired) electrons. The van der Waals surface area contributed by atoms with Gasteiger partial charge in [0.1, 0.15) is 5.60 Å². The second kappa shape index (κ2) is 4.25. The fourth-order valence-electron chi connectivity index (χ4n) is 2.93. The molecule has 1 heterocycles. The Bertz CT molecular complexity index is 561. The second-order valence-electron chi connectivity index (χ2n) is 4.96. The molecule has 3 heteroatoms. The van der Waals surface area contributed by atoms with E-state index in [-0.39, 0.29) is 0 Å². The van der Waals surface area contributed by atoms with E-state index >= 15 is 0 Å². The quantitative estimate of drug-likeness (QED) is 0.898. The van der Waals surface area contributed by atoms with Crippen LogP contribution in [0.1, 0.15) is 36.6 Å². The Morgan fingerprint density at radius 3 is 3.00 bits per heavy atom. The van der Waals surface area contributed by atoms with E-state index in [0.29, 0.717) is 0 Å². The highest BCUT2D eigenvalue weighted by atomic mass is 16.3. The molecule has 1 N–H and O–H groups in total. The van der Waals surface area contributed by atoms with Crippen LogP contribution in [0.5, 0.6) is 0 Å². The van der Waals surface area contributed by atoms with Gasteiger partial charge in [-0.3, -0.25) is 4.68 Å². The van der Waals surface area contributed by atoms with Crippen molar-refractivity contribution in [1.29, 1.82) is 0 Å². The normalized spacial score (nSPS) is 22.1. The van der Waals surface area contributed by atoms with Crippen LogP contribution in [0.2, 0.25) is 0 Å². The summed E-state index contributed by atoms with van der Waals surface area (Å²) in [7, 11) is 0. The van der Waals surface area contributed by atoms with Gasteiger partial charge in [-0.05, 0) is 36.5 Å². The van der Waals surface area contributed by atoms with E-state index in [1.165, 1.54) is 5.56 Å². The summed E-state index contributed by atoms with van der Waals surface area (Å²) >= 11 is 0. The number of hydrogen-bond acceptors (Lipinski definition) is 2. The predicted octanol–water partition coefficient (Wildman–Crippen LogP) is 2.48. The summed E-state index contributed by atoms with van der Waals surface area (Å²) < 4.78 is 1.93. The smallest absolute Gasteiger partial charge is 0.132 e. The van der Waals surface area contributed by atoms with Gasteiger partial charge in [0.25, 0.3) is 0 Å². The van der Waals surface area contributed by atoms with Gasteiger partial charge in [-0.1, -0.05) is 31.2 Å². The Morgan fingerprint density at radius 2 is 2.17 bits per heavy atom. The Kier molecular flexibility index (Phi) is 2.71. The molecule has 1 atom stereocenters. The van der Waals surface area contributed by atoms with Crippen molar-refractivity contribution in [3.8, 4) is 0 Å². The fourth-order valence-corrected chi connectivity index (χ4v) is 2.93. The van der Waals surface area contributed by atoms with E-state index in [0.717, 1.165) is 37.1 Å². The zero-order valence-electron chi connectivity index (χ0n) is 10.6. The van der Waals surface area contributed by atoms with Crippen LogP contribution >= 0.6 is 0 Å². The topological polar surface area (TPSA) is 38.0 Å². The van der Waals surface area contributed by atoms with Crippen LogP contribution in [0.15, 0.2) is 36.5 Å². The molecule has 0 aliphatic heterocycles. The van der Waals surface area contributed by atoms with Crippen LogP contribution in [0, 0.1) is 0 Å². The minimum absolute atomic E-state index is 0.752. The molecule has 2 aromatic rings. The lowest BCUT2D eigenvalue weighted by Crippen LogP contribution is -2.28. The number of rotatable bonds is 3. The minimum atomic E-state index is -0.859. The first-order chi connectivity index (χ1) is 8.75. The van der Waals surface area contributed by atoms with E-state index in [2.05, 4.69) is 18.1 Å². The molecule has 1 aromatic carbocycles. The van der Waals surface area contributed by atoms with Gasteiger partial charge in [0.05, 0.1) is 5.69 Å². The number of hydrogen-bond donors (Lipinski definition) is 1. The average Bonchev–Trinajstić information content (AvgIpc) is 2.97.